The highest BCUT2D eigenvalue weighted by atomic mass is 35.5. The molecule has 2 rings (SSSR count). The van der Waals surface area contributed by atoms with E-state index in [0.29, 0.717) is 22.9 Å². The Morgan fingerprint density at radius 1 is 1.32 bits per heavy atom. The molecule has 0 saturated heterocycles. The van der Waals surface area contributed by atoms with Gasteiger partial charge >= 0.3 is 0 Å². The second-order valence-corrected chi connectivity index (χ2v) is 6.31. The number of benzene rings is 1. The lowest BCUT2D eigenvalue weighted by atomic mass is 9.89. The summed E-state index contributed by atoms with van der Waals surface area (Å²) in [6, 6.07) is 5.67. The molecular formula is C16H23ClFN. The number of rotatable bonds is 5. The zero-order valence-electron chi connectivity index (χ0n) is 11.8. The van der Waals surface area contributed by atoms with Crippen molar-refractivity contribution in [3.8, 4) is 0 Å². The van der Waals surface area contributed by atoms with Crippen molar-refractivity contribution in [1.82, 2.24) is 5.32 Å². The molecule has 0 bridgehead atoms. The van der Waals surface area contributed by atoms with Crippen LogP contribution in [0, 0.1) is 17.7 Å². The molecule has 0 aliphatic heterocycles. The summed E-state index contributed by atoms with van der Waals surface area (Å²) in [6.07, 6.45) is 4.69. The SMILES string of the molecule is CC(C)NCC1CCCC1Cc1cccc(F)c1Cl. The molecule has 1 nitrogen and oxygen atoms in total. The molecule has 1 aromatic carbocycles. The van der Waals surface area contributed by atoms with Crippen molar-refractivity contribution in [2.24, 2.45) is 11.8 Å². The van der Waals surface area contributed by atoms with E-state index in [9.17, 15) is 4.39 Å². The van der Waals surface area contributed by atoms with Gasteiger partial charge in [-0.2, -0.15) is 0 Å². The van der Waals surface area contributed by atoms with Gasteiger partial charge in [0, 0.05) is 6.04 Å². The van der Waals surface area contributed by atoms with Crippen LogP contribution in [0.5, 0.6) is 0 Å². The van der Waals surface area contributed by atoms with E-state index in [1.165, 1.54) is 25.3 Å². The zero-order chi connectivity index (χ0) is 13.8. The molecule has 1 aliphatic rings. The summed E-state index contributed by atoms with van der Waals surface area (Å²) in [5.74, 6) is 1.03. The first-order valence-electron chi connectivity index (χ1n) is 7.24. The van der Waals surface area contributed by atoms with Gasteiger partial charge in [-0.3, -0.25) is 0 Å². The van der Waals surface area contributed by atoms with Crippen molar-refractivity contribution in [3.63, 3.8) is 0 Å². The fourth-order valence-electron chi connectivity index (χ4n) is 3.03. The molecular weight excluding hydrogens is 261 g/mol. The highest BCUT2D eigenvalue weighted by molar-refractivity contribution is 6.31. The average Bonchev–Trinajstić information content (AvgIpc) is 2.80. The van der Waals surface area contributed by atoms with Crippen molar-refractivity contribution < 1.29 is 4.39 Å². The van der Waals surface area contributed by atoms with Crippen molar-refractivity contribution in [3.05, 3.63) is 34.6 Å². The second-order valence-electron chi connectivity index (χ2n) is 5.93. The smallest absolute Gasteiger partial charge is 0.142 e. The molecule has 1 aromatic rings. The van der Waals surface area contributed by atoms with E-state index in [-0.39, 0.29) is 5.82 Å². The van der Waals surface area contributed by atoms with E-state index < -0.39 is 0 Å². The van der Waals surface area contributed by atoms with Crippen molar-refractivity contribution in [2.45, 2.75) is 45.6 Å². The first-order valence-corrected chi connectivity index (χ1v) is 7.62. The number of nitrogens with one attached hydrogen (secondary N) is 1. The van der Waals surface area contributed by atoms with Crippen LogP contribution in [-0.4, -0.2) is 12.6 Å². The molecule has 0 heterocycles. The van der Waals surface area contributed by atoms with E-state index in [1.807, 2.05) is 6.07 Å². The predicted octanol–water partition coefficient (Wildman–Crippen LogP) is 4.44. The summed E-state index contributed by atoms with van der Waals surface area (Å²) in [6.45, 7) is 5.41. The van der Waals surface area contributed by atoms with Gasteiger partial charge in [-0.1, -0.05) is 44.0 Å². The lowest BCUT2D eigenvalue weighted by Gasteiger charge is -2.22. The van der Waals surface area contributed by atoms with Gasteiger partial charge in [-0.15, -0.1) is 0 Å². The van der Waals surface area contributed by atoms with Crippen LogP contribution >= 0.6 is 11.6 Å². The van der Waals surface area contributed by atoms with E-state index in [4.69, 9.17) is 11.6 Å². The van der Waals surface area contributed by atoms with Crippen LogP contribution in [-0.2, 0) is 6.42 Å². The third kappa shape index (κ3) is 3.93. The van der Waals surface area contributed by atoms with Gasteiger partial charge < -0.3 is 5.32 Å². The maximum atomic E-state index is 13.5. The van der Waals surface area contributed by atoms with Gasteiger partial charge in [0.15, 0.2) is 0 Å². The lowest BCUT2D eigenvalue weighted by Crippen LogP contribution is -2.31. The summed E-state index contributed by atoms with van der Waals surface area (Å²) in [5, 5.41) is 3.83. The predicted molar refractivity (Wildman–Crippen MR) is 79.1 cm³/mol. The maximum absolute atomic E-state index is 13.5. The highest BCUT2D eigenvalue weighted by Gasteiger charge is 2.27. The molecule has 0 radical (unpaired) electrons. The first kappa shape index (κ1) is 14.8. The van der Waals surface area contributed by atoms with Crippen LogP contribution < -0.4 is 5.32 Å². The van der Waals surface area contributed by atoms with E-state index in [2.05, 4.69) is 19.2 Å². The van der Waals surface area contributed by atoms with Crippen molar-refractivity contribution in [1.29, 1.82) is 0 Å². The molecule has 3 heteroatoms. The molecule has 1 N–H and O–H groups in total. The quantitative estimate of drug-likeness (QED) is 0.843. The van der Waals surface area contributed by atoms with Gasteiger partial charge in [0.1, 0.15) is 5.82 Å². The summed E-state index contributed by atoms with van der Waals surface area (Å²) in [5.41, 5.74) is 0.961. The van der Waals surface area contributed by atoms with Crippen LogP contribution in [0.1, 0.15) is 38.7 Å². The third-order valence-corrected chi connectivity index (χ3v) is 4.54. The fourth-order valence-corrected chi connectivity index (χ4v) is 3.23. The summed E-state index contributed by atoms with van der Waals surface area (Å²) in [7, 11) is 0. The minimum absolute atomic E-state index is 0.297. The number of hydrogen-bond acceptors (Lipinski definition) is 1. The van der Waals surface area contributed by atoms with Crippen LogP contribution in [0.15, 0.2) is 18.2 Å². The molecule has 0 aromatic heterocycles. The third-order valence-electron chi connectivity index (χ3n) is 4.12. The van der Waals surface area contributed by atoms with E-state index >= 15 is 0 Å². The van der Waals surface area contributed by atoms with Gasteiger partial charge in [-0.05, 0) is 49.3 Å². The topological polar surface area (TPSA) is 12.0 Å². The monoisotopic (exact) mass is 283 g/mol. The Balaban J connectivity index is 1.99. The molecule has 2 unspecified atom stereocenters. The molecule has 1 saturated carbocycles. The zero-order valence-corrected chi connectivity index (χ0v) is 12.5. The first-order chi connectivity index (χ1) is 9.08. The minimum atomic E-state index is -0.297. The standard InChI is InChI=1S/C16H23ClFN/c1-11(2)19-10-14-7-3-5-12(14)9-13-6-4-8-15(18)16(13)17/h4,6,8,11-12,14,19H,3,5,7,9-10H2,1-2H3. The van der Waals surface area contributed by atoms with E-state index in [0.717, 1.165) is 18.5 Å². The van der Waals surface area contributed by atoms with Gasteiger partial charge in [0.05, 0.1) is 5.02 Å². The minimum Gasteiger partial charge on any atom is -0.314 e. The summed E-state index contributed by atoms with van der Waals surface area (Å²) < 4.78 is 13.5. The molecule has 1 aliphatic carbocycles. The Hall–Kier alpha value is -0.600. The Kier molecular flexibility index (Phi) is 5.23. The van der Waals surface area contributed by atoms with Crippen LogP contribution in [0.2, 0.25) is 5.02 Å². The summed E-state index contributed by atoms with van der Waals surface area (Å²) >= 11 is 6.06. The normalized spacial score (nSPS) is 23.2. The summed E-state index contributed by atoms with van der Waals surface area (Å²) in [4.78, 5) is 0. The molecule has 19 heavy (non-hydrogen) atoms. The Labute approximate surface area is 120 Å². The van der Waals surface area contributed by atoms with Gasteiger partial charge in [0.2, 0.25) is 0 Å². The van der Waals surface area contributed by atoms with E-state index in [1.54, 1.807) is 6.07 Å². The maximum Gasteiger partial charge on any atom is 0.142 e. The number of halogens is 2. The lowest BCUT2D eigenvalue weighted by molar-refractivity contribution is 0.354. The van der Waals surface area contributed by atoms with Crippen LogP contribution in [0.25, 0.3) is 0 Å². The van der Waals surface area contributed by atoms with Crippen molar-refractivity contribution in [2.75, 3.05) is 6.54 Å². The molecule has 106 valence electrons. The van der Waals surface area contributed by atoms with Crippen molar-refractivity contribution >= 4 is 11.6 Å². The Bertz CT molecular complexity index is 419. The Morgan fingerprint density at radius 2 is 2.05 bits per heavy atom. The molecule has 0 spiro atoms. The van der Waals surface area contributed by atoms with Crippen LogP contribution in [0.3, 0.4) is 0 Å². The largest absolute Gasteiger partial charge is 0.314 e. The van der Waals surface area contributed by atoms with Crippen LogP contribution in [0.4, 0.5) is 4.39 Å². The van der Waals surface area contributed by atoms with Gasteiger partial charge in [-0.25, -0.2) is 4.39 Å². The molecule has 1 fully saturated rings. The van der Waals surface area contributed by atoms with Gasteiger partial charge in [0.25, 0.3) is 0 Å². The molecule has 2 atom stereocenters. The second kappa shape index (κ2) is 6.71. The molecule has 0 amide bonds. The highest BCUT2D eigenvalue weighted by Crippen LogP contribution is 2.35. The average molecular weight is 284 g/mol. The fraction of sp³-hybridized carbons (Fsp3) is 0.625. The number of hydrogen-bond donors (Lipinski definition) is 1. The Morgan fingerprint density at radius 3 is 2.79 bits per heavy atom.